The second kappa shape index (κ2) is 11.6. The third-order valence-corrected chi connectivity index (χ3v) is 4.16. The molecule has 0 heterocycles. The molecule has 28 heavy (non-hydrogen) atoms. The van der Waals surface area contributed by atoms with E-state index in [9.17, 15) is 0 Å². The Balaban J connectivity index is 1.92. The number of methoxy groups -OCH3 is 1. The normalized spacial score (nSPS) is 11.0. The lowest BCUT2D eigenvalue weighted by Crippen LogP contribution is -2.36. The average Bonchev–Trinajstić information content (AvgIpc) is 2.72. The van der Waals surface area contributed by atoms with Gasteiger partial charge in [-0.05, 0) is 36.2 Å². The van der Waals surface area contributed by atoms with Gasteiger partial charge in [0.05, 0.1) is 18.2 Å². The van der Waals surface area contributed by atoms with E-state index in [0.717, 1.165) is 28.9 Å². The van der Waals surface area contributed by atoms with Crippen LogP contribution in [0.1, 0.15) is 28.7 Å². The van der Waals surface area contributed by atoms with Gasteiger partial charge in [0.2, 0.25) is 0 Å². The summed E-state index contributed by atoms with van der Waals surface area (Å²) in [5.41, 5.74) is 3.90. The van der Waals surface area contributed by atoms with E-state index in [1.54, 1.807) is 20.2 Å². The summed E-state index contributed by atoms with van der Waals surface area (Å²) >= 11 is 0. The molecule has 0 radical (unpaired) electrons. The average molecular weight is 380 g/mol. The van der Waals surface area contributed by atoms with Crippen LogP contribution in [0, 0.1) is 18.3 Å². The largest absolute Gasteiger partial charge is 0.493 e. The maximum absolute atomic E-state index is 9.01. The summed E-state index contributed by atoms with van der Waals surface area (Å²) in [6, 6.07) is 15.9. The van der Waals surface area contributed by atoms with Crippen LogP contribution in [-0.4, -0.2) is 33.3 Å². The molecule has 0 atom stereocenters. The highest BCUT2D eigenvalue weighted by atomic mass is 16.5. The molecule has 0 aliphatic carbocycles. The van der Waals surface area contributed by atoms with Crippen LogP contribution in [0.5, 0.6) is 5.75 Å². The second-order valence-corrected chi connectivity index (χ2v) is 6.40. The lowest BCUT2D eigenvalue weighted by atomic mass is 10.1. The van der Waals surface area contributed by atoms with E-state index in [1.807, 2.05) is 24.3 Å². The fraction of sp³-hybridized carbons (Fsp3) is 0.364. The molecular formula is C22H28N4O2. The molecular weight excluding hydrogens is 352 g/mol. The van der Waals surface area contributed by atoms with Gasteiger partial charge in [-0.2, -0.15) is 5.26 Å². The van der Waals surface area contributed by atoms with E-state index in [1.165, 1.54) is 0 Å². The predicted molar refractivity (Wildman–Crippen MR) is 111 cm³/mol. The third kappa shape index (κ3) is 6.93. The van der Waals surface area contributed by atoms with Crippen molar-refractivity contribution >= 4 is 5.96 Å². The number of rotatable bonds is 9. The minimum atomic E-state index is 0.587. The van der Waals surface area contributed by atoms with Crippen LogP contribution in [0.2, 0.25) is 0 Å². The standard InChI is InChI=1S/C22H28N4O2/c1-17-8-9-20(21(12-17)28-11-5-10-27-3)16-26-22(24-2)25-15-19-7-4-6-18(13-19)14-23/h4,6-9,12-13H,5,10-11,15-16H2,1-3H3,(H2,24,25,26). The van der Waals surface area contributed by atoms with E-state index in [4.69, 9.17) is 14.7 Å². The molecule has 0 aromatic heterocycles. The van der Waals surface area contributed by atoms with E-state index in [0.29, 0.717) is 37.8 Å². The molecule has 0 fully saturated rings. The Morgan fingerprint density at radius 2 is 1.93 bits per heavy atom. The van der Waals surface area contributed by atoms with Crippen LogP contribution >= 0.6 is 0 Å². The van der Waals surface area contributed by atoms with Crippen molar-refractivity contribution in [1.82, 2.24) is 10.6 Å². The zero-order valence-corrected chi connectivity index (χ0v) is 16.8. The summed E-state index contributed by atoms with van der Waals surface area (Å²) < 4.78 is 11.0. The van der Waals surface area contributed by atoms with Crippen molar-refractivity contribution in [2.75, 3.05) is 27.4 Å². The fourth-order valence-electron chi connectivity index (χ4n) is 2.66. The molecule has 0 saturated heterocycles. The summed E-state index contributed by atoms with van der Waals surface area (Å²) in [4.78, 5) is 4.27. The molecule has 2 aromatic carbocycles. The van der Waals surface area contributed by atoms with Crippen LogP contribution in [-0.2, 0) is 17.8 Å². The molecule has 148 valence electrons. The van der Waals surface area contributed by atoms with Crippen molar-refractivity contribution in [3.8, 4) is 11.8 Å². The van der Waals surface area contributed by atoms with Gasteiger partial charge in [0.25, 0.3) is 0 Å². The van der Waals surface area contributed by atoms with Gasteiger partial charge in [-0.1, -0.05) is 24.3 Å². The van der Waals surface area contributed by atoms with E-state index in [2.05, 4.69) is 40.8 Å². The number of hydrogen-bond acceptors (Lipinski definition) is 4. The van der Waals surface area contributed by atoms with Gasteiger partial charge in [0.15, 0.2) is 5.96 Å². The molecule has 2 rings (SSSR count). The van der Waals surface area contributed by atoms with Crippen molar-refractivity contribution in [2.45, 2.75) is 26.4 Å². The number of ether oxygens (including phenoxy) is 2. The Hall–Kier alpha value is -3.04. The summed E-state index contributed by atoms with van der Waals surface area (Å²) in [5.74, 6) is 1.56. The zero-order chi connectivity index (χ0) is 20.2. The van der Waals surface area contributed by atoms with Crippen molar-refractivity contribution in [3.63, 3.8) is 0 Å². The number of aliphatic imine (C=N–C) groups is 1. The highest BCUT2D eigenvalue weighted by Gasteiger charge is 2.06. The quantitative estimate of drug-likeness (QED) is 0.397. The van der Waals surface area contributed by atoms with Crippen molar-refractivity contribution < 1.29 is 9.47 Å². The summed E-state index contributed by atoms with van der Waals surface area (Å²) in [5, 5.41) is 15.6. The smallest absolute Gasteiger partial charge is 0.191 e. The molecule has 0 unspecified atom stereocenters. The third-order valence-electron chi connectivity index (χ3n) is 4.16. The lowest BCUT2D eigenvalue weighted by molar-refractivity contribution is 0.171. The Bertz CT molecular complexity index is 828. The van der Waals surface area contributed by atoms with Crippen LogP contribution in [0.25, 0.3) is 0 Å². The number of nitrogens with one attached hydrogen (secondary N) is 2. The molecule has 2 N–H and O–H groups in total. The molecule has 0 aliphatic rings. The first-order valence-corrected chi connectivity index (χ1v) is 9.31. The van der Waals surface area contributed by atoms with E-state index < -0.39 is 0 Å². The minimum Gasteiger partial charge on any atom is -0.493 e. The molecule has 0 amide bonds. The fourth-order valence-corrected chi connectivity index (χ4v) is 2.66. The van der Waals surface area contributed by atoms with Gasteiger partial charge in [-0.15, -0.1) is 0 Å². The van der Waals surface area contributed by atoms with Gasteiger partial charge in [-0.3, -0.25) is 4.99 Å². The van der Waals surface area contributed by atoms with Crippen molar-refractivity contribution in [2.24, 2.45) is 4.99 Å². The minimum absolute atomic E-state index is 0.587. The maximum atomic E-state index is 9.01. The summed E-state index contributed by atoms with van der Waals surface area (Å²) in [6.07, 6.45) is 0.849. The van der Waals surface area contributed by atoms with Gasteiger partial charge >= 0.3 is 0 Å². The summed E-state index contributed by atoms with van der Waals surface area (Å²) in [6.45, 7) is 4.53. The number of guanidine groups is 1. The van der Waals surface area contributed by atoms with Gasteiger partial charge in [0, 0.05) is 45.8 Å². The SMILES string of the molecule is CN=C(NCc1cccc(C#N)c1)NCc1ccc(C)cc1OCCCOC. The number of aryl methyl sites for hydroxylation is 1. The molecule has 6 nitrogen and oxygen atoms in total. The van der Waals surface area contributed by atoms with Gasteiger partial charge < -0.3 is 20.1 Å². The van der Waals surface area contributed by atoms with E-state index >= 15 is 0 Å². The first kappa shape index (κ1) is 21.3. The maximum Gasteiger partial charge on any atom is 0.191 e. The Labute approximate surface area is 167 Å². The first-order chi connectivity index (χ1) is 13.7. The summed E-state index contributed by atoms with van der Waals surface area (Å²) in [7, 11) is 3.43. The second-order valence-electron chi connectivity index (χ2n) is 6.40. The van der Waals surface area contributed by atoms with Crippen molar-refractivity contribution in [1.29, 1.82) is 5.26 Å². The van der Waals surface area contributed by atoms with Gasteiger partial charge in [0.1, 0.15) is 5.75 Å². The van der Waals surface area contributed by atoms with E-state index in [-0.39, 0.29) is 0 Å². The molecule has 0 bridgehead atoms. The number of nitriles is 1. The number of benzene rings is 2. The molecule has 0 aliphatic heterocycles. The topological polar surface area (TPSA) is 78.7 Å². The number of nitrogens with zero attached hydrogens (tertiary/aromatic N) is 2. The Morgan fingerprint density at radius 3 is 2.68 bits per heavy atom. The first-order valence-electron chi connectivity index (χ1n) is 9.31. The number of hydrogen-bond donors (Lipinski definition) is 2. The van der Waals surface area contributed by atoms with Crippen LogP contribution < -0.4 is 15.4 Å². The van der Waals surface area contributed by atoms with Crippen LogP contribution in [0.3, 0.4) is 0 Å². The van der Waals surface area contributed by atoms with Gasteiger partial charge in [-0.25, -0.2) is 0 Å². The highest BCUT2D eigenvalue weighted by molar-refractivity contribution is 5.79. The monoisotopic (exact) mass is 380 g/mol. The highest BCUT2D eigenvalue weighted by Crippen LogP contribution is 2.20. The lowest BCUT2D eigenvalue weighted by Gasteiger charge is -2.15. The molecule has 0 saturated carbocycles. The molecule has 2 aromatic rings. The Morgan fingerprint density at radius 1 is 1.11 bits per heavy atom. The predicted octanol–water partition coefficient (Wildman–Crippen LogP) is 3.15. The zero-order valence-electron chi connectivity index (χ0n) is 16.8. The van der Waals surface area contributed by atoms with Crippen LogP contribution in [0.15, 0.2) is 47.5 Å². The van der Waals surface area contributed by atoms with Crippen molar-refractivity contribution in [3.05, 3.63) is 64.7 Å². The molecule has 6 heteroatoms. The Kier molecular flexibility index (Phi) is 8.83. The van der Waals surface area contributed by atoms with Crippen LogP contribution in [0.4, 0.5) is 0 Å². The molecule has 0 spiro atoms.